The van der Waals surface area contributed by atoms with E-state index in [0.29, 0.717) is 25.0 Å². The maximum Gasteiger partial charge on any atom is 0.324 e. The van der Waals surface area contributed by atoms with Crippen LogP contribution in [-0.4, -0.2) is 50.4 Å². The van der Waals surface area contributed by atoms with E-state index in [9.17, 15) is 9.59 Å². The van der Waals surface area contributed by atoms with Crippen molar-refractivity contribution in [2.45, 2.75) is 42.8 Å². The van der Waals surface area contributed by atoms with Gasteiger partial charge in [0.15, 0.2) is 5.16 Å². The van der Waals surface area contributed by atoms with Gasteiger partial charge in [-0.05, 0) is 25.7 Å². The summed E-state index contributed by atoms with van der Waals surface area (Å²) in [6, 6.07) is 0.228. The number of thioether (sulfide) groups is 1. The van der Waals surface area contributed by atoms with Gasteiger partial charge >= 0.3 is 6.03 Å². The molecule has 1 saturated heterocycles. The lowest BCUT2D eigenvalue weighted by atomic mass is 10.4. The van der Waals surface area contributed by atoms with Crippen molar-refractivity contribution >= 4 is 23.7 Å². The summed E-state index contributed by atoms with van der Waals surface area (Å²) in [6.07, 6.45) is 4.74. The SMILES string of the molecule is O=C(CSc1nnc(C2CC2)n1C1CC1)N1CCNC1=O. The van der Waals surface area contributed by atoms with Crippen LogP contribution in [0.3, 0.4) is 0 Å². The predicted octanol–water partition coefficient (Wildman–Crippen LogP) is 1.13. The fourth-order valence-electron chi connectivity index (χ4n) is 2.60. The van der Waals surface area contributed by atoms with E-state index in [-0.39, 0.29) is 17.7 Å². The van der Waals surface area contributed by atoms with Crippen molar-refractivity contribution in [2.75, 3.05) is 18.8 Å². The molecule has 112 valence electrons. The first-order chi connectivity index (χ1) is 10.2. The molecule has 2 aliphatic carbocycles. The van der Waals surface area contributed by atoms with E-state index in [1.807, 2.05) is 0 Å². The van der Waals surface area contributed by atoms with E-state index in [1.165, 1.54) is 42.3 Å². The van der Waals surface area contributed by atoms with Gasteiger partial charge in [0, 0.05) is 25.0 Å². The molecule has 8 heteroatoms. The molecule has 21 heavy (non-hydrogen) atoms. The fraction of sp³-hybridized carbons (Fsp3) is 0.692. The lowest BCUT2D eigenvalue weighted by Gasteiger charge is -2.12. The molecule has 3 amide bonds. The van der Waals surface area contributed by atoms with Crippen LogP contribution in [0.2, 0.25) is 0 Å². The number of amides is 3. The number of rotatable bonds is 5. The largest absolute Gasteiger partial charge is 0.336 e. The molecule has 0 bridgehead atoms. The van der Waals surface area contributed by atoms with Crippen LogP contribution >= 0.6 is 11.8 Å². The molecule has 3 fully saturated rings. The van der Waals surface area contributed by atoms with E-state index < -0.39 is 0 Å². The third kappa shape index (κ3) is 2.52. The molecule has 4 rings (SSSR count). The van der Waals surface area contributed by atoms with E-state index in [0.717, 1.165) is 11.0 Å². The lowest BCUT2D eigenvalue weighted by Crippen LogP contribution is -2.35. The third-order valence-corrected chi connectivity index (χ3v) is 4.96. The van der Waals surface area contributed by atoms with Gasteiger partial charge in [0.05, 0.1) is 5.75 Å². The van der Waals surface area contributed by atoms with Crippen molar-refractivity contribution < 1.29 is 9.59 Å². The highest BCUT2D eigenvalue weighted by Crippen LogP contribution is 2.45. The average molecular weight is 307 g/mol. The Balaban J connectivity index is 1.45. The Morgan fingerprint density at radius 2 is 2.10 bits per heavy atom. The normalized spacial score (nSPS) is 21.7. The average Bonchev–Trinajstić information content (AvgIpc) is 3.40. The molecule has 0 radical (unpaired) electrons. The molecule has 3 aliphatic rings. The lowest BCUT2D eigenvalue weighted by molar-refractivity contribution is -0.124. The predicted molar refractivity (Wildman–Crippen MR) is 76.1 cm³/mol. The zero-order chi connectivity index (χ0) is 14.4. The van der Waals surface area contributed by atoms with E-state index in [4.69, 9.17) is 0 Å². The van der Waals surface area contributed by atoms with E-state index in [2.05, 4.69) is 20.1 Å². The molecule has 1 N–H and O–H groups in total. The molecule has 0 aromatic carbocycles. The van der Waals surface area contributed by atoms with Crippen molar-refractivity contribution in [1.29, 1.82) is 0 Å². The summed E-state index contributed by atoms with van der Waals surface area (Å²) in [5, 5.41) is 12.0. The van der Waals surface area contributed by atoms with Crippen LogP contribution in [0, 0.1) is 0 Å². The zero-order valence-corrected chi connectivity index (χ0v) is 12.4. The van der Waals surface area contributed by atoms with Crippen LogP contribution in [0.1, 0.15) is 43.5 Å². The molecule has 7 nitrogen and oxygen atoms in total. The summed E-state index contributed by atoms with van der Waals surface area (Å²) in [6.45, 7) is 1.00. The maximum atomic E-state index is 12.1. The number of urea groups is 1. The van der Waals surface area contributed by atoms with Crippen molar-refractivity contribution in [3.63, 3.8) is 0 Å². The van der Waals surface area contributed by atoms with Crippen LogP contribution in [-0.2, 0) is 4.79 Å². The molecule has 1 aromatic rings. The number of nitrogens with zero attached hydrogens (tertiary/aromatic N) is 4. The first-order valence-electron chi connectivity index (χ1n) is 7.40. The van der Waals surface area contributed by atoms with Crippen LogP contribution in [0.5, 0.6) is 0 Å². The van der Waals surface area contributed by atoms with E-state index in [1.54, 1.807) is 0 Å². The minimum Gasteiger partial charge on any atom is -0.336 e. The van der Waals surface area contributed by atoms with Gasteiger partial charge in [0.1, 0.15) is 5.82 Å². The van der Waals surface area contributed by atoms with E-state index >= 15 is 0 Å². The van der Waals surface area contributed by atoms with Gasteiger partial charge in [0.25, 0.3) is 0 Å². The molecule has 0 atom stereocenters. The summed E-state index contributed by atoms with van der Waals surface area (Å²) in [5.41, 5.74) is 0. The number of imide groups is 1. The first kappa shape index (κ1) is 13.1. The Morgan fingerprint density at radius 3 is 2.71 bits per heavy atom. The second-order valence-corrected chi connectivity index (χ2v) is 6.72. The first-order valence-corrected chi connectivity index (χ1v) is 8.38. The minimum atomic E-state index is -0.289. The third-order valence-electron chi connectivity index (χ3n) is 4.03. The van der Waals surface area contributed by atoms with Crippen LogP contribution in [0.25, 0.3) is 0 Å². The van der Waals surface area contributed by atoms with Gasteiger partial charge in [-0.25, -0.2) is 4.79 Å². The van der Waals surface area contributed by atoms with Crippen LogP contribution in [0.4, 0.5) is 4.79 Å². The summed E-state index contributed by atoms with van der Waals surface area (Å²) in [5.74, 6) is 1.73. The monoisotopic (exact) mass is 307 g/mol. The highest BCUT2D eigenvalue weighted by molar-refractivity contribution is 7.99. The summed E-state index contributed by atoms with van der Waals surface area (Å²) in [7, 11) is 0. The van der Waals surface area contributed by atoms with Crippen LogP contribution in [0.15, 0.2) is 5.16 Å². The summed E-state index contributed by atoms with van der Waals surface area (Å²) in [4.78, 5) is 24.8. The molecule has 1 aromatic heterocycles. The molecular weight excluding hydrogens is 290 g/mol. The quantitative estimate of drug-likeness (QED) is 0.825. The molecule has 2 saturated carbocycles. The van der Waals surface area contributed by atoms with Crippen LogP contribution < -0.4 is 5.32 Å². The van der Waals surface area contributed by atoms with Gasteiger partial charge in [-0.2, -0.15) is 0 Å². The topological polar surface area (TPSA) is 80.1 Å². The molecule has 0 unspecified atom stereocenters. The minimum absolute atomic E-state index is 0.159. The molecular formula is C13H17N5O2S. The van der Waals surface area contributed by atoms with Gasteiger partial charge in [-0.3, -0.25) is 9.69 Å². The second-order valence-electron chi connectivity index (χ2n) is 5.78. The van der Waals surface area contributed by atoms with Gasteiger partial charge in [-0.1, -0.05) is 11.8 Å². The Hall–Kier alpha value is -1.57. The molecule has 0 spiro atoms. The zero-order valence-electron chi connectivity index (χ0n) is 11.6. The standard InChI is InChI=1S/C13H17N5O2S/c19-10(17-6-5-14-12(17)20)7-21-13-16-15-11(8-1-2-8)18(13)9-3-4-9/h8-9H,1-7H2,(H,14,20). The van der Waals surface area contributed by atoms with Gasteiger partial charge in [-0.15, -0.1) is 10.2 Å². The Morgan fingerprint density at radius 1 is 1.29 bits per heavy atom. The van der Waals surface area contributed by atoms with Gasteiger partial charge in [0.2, 0.25) is 5.91 Å². The van der Waals surface area contributed by atoms with Gasteiger partial charge < -0.3 is 9.88 Å². The number of nitrogens with one attached hydrogen (secondary N) is 1. The number of carbonyl (C=O) groups is 2. The number of hydrogen-bond donors (Lipinski definition) is 1. The Labute approximate surface area is 126 Å². The maximum absolute atomic E-state index is 12.1. The number of carbonyl (C=O) groups excluding carboxylic acids is 2. The molecule has 2 heterocycles. The Bertz CT molecular complexity index is 593. The fourth-order valence-corrected chi connectivity index (χ4v) is 3.49. The number of hydrogen-bond acceptors (Lipinski definition) is 5. The molecule has 1 aliphatic heterocycles. The van der Waals surface area contributed by atoms with Crippen molar-refractivity contribution in [3.05, 3.63) is 5.82 Å². The Kier molecular flexibility index (Phi) is 3.13. The van der Waals surface area contributed by atoms with Crippen molar-refractivity contribution in [2.24, 2.45) is 0 Å². The number of aromatic nitrogens is 3. The van der Waals surface area contributed by atoms with Crippen molar-refractivity contribution in [3.8, 4) is 0 Å². The summed E-state index contributed by atoms with van der Waals surface area (Å²) < 4.78 is 2.22. The summed E-state index contributed by atoms with van der Waals surface area (Å²) >= 11 is 1.40. The second kappa shape index (κ2) is 5.01. The highest BCUT2D eigenvalue weighted by Gasteiger charge is 2.36. The smallest absolute Gasteiger partial charge is 0.324 e. The highest BCUT2D eigenvalue weighted by atomic mass is 32.2. The van der Waals surface area contributed by atoms with Crippen molar-refractivity contribution in [1.82, 2.24) is 25.0 Å².